The Kier molecular flexibility index (Phi) is 4.70. The van der Waals surface area contributed by atoms with Gasteiger partial charge in [0.1, 0.15) is 34.9 Å². The fourth-order valence-electron chi connectivity index (χ4n) is 3.94. The lowest BCUT2D eigenvalue weighted by Crippen LogP contribution is -2.25. The maximum Gasteiger partial charge on any atom is 0.154 e. The first-order valence-corrected chi connectivity index (χ1v) is 9.70. The molecule has 0 spiro atoms. The Morgan fingerprint density at radius 1 is 1.13 bits per heavy atom. The molecule has 1 aliphatic heterocycles. The number of alkyl halides is 1. The van der Waals surface area contributed by atoms with Gasteiger partial charge in [0.05, 0.1) is 31.6 Å². The van der Waals surface area contributed by atoms with E-state index in [1.54, 1.807) is 33.8 Å². The number of rotatable bonds is 4. The molecule has 2 N–H and O–H groups in total. The van der Waals surface area contributed by atoms with Crippen molar-refractivity contribution in [1.29, 1.82) is 0 Å². The van der Waals surface area contributed by atoms with Crippen molar-refractivity contribution in [2.45, 2.75) is 25.2 Å². The molecule has 1 fully saturated rings. The second-order valence-corrected chi connectivity index (χ2v) is 7.42. The van der Waals surface area contributed by atoms with Crippen LogP contribution < -0.4 is 4.90 Å². The summed E-state index contributed by atoms with van der Waals surface area (Å²) in [5, 5.41) is 32.2. The summed E-state index contributed by atoms with van der Waals surface area (Å²) in [5.41, 5.74) is 2.50. The number of hydrogen-bond acceptors (Lipinski definition) is 7. The van der Waals surface area contributed by atoms with Gasteiger partial charge in [0.2, 0.25) is 0 Å². The molecule has 0 unspecified atom stereocenters. The smallest absolute Gasteiger partial charge is 0.154 e. The van der Waals surface area contributed by atoms with Gasteiger partial charge < -0.3 is 15.1 Å². The van der Waals surface area contributed by atoms with Crippen LogP contribution in [0, 0.1) is 5.82 Å². The zero-order valence-corrected chi connectivity index (χ0v) is 16.2. The Morgan fingerprint density at radius 2 is 2.00 bits per heavy atom. The van der Waals surface area contributed by atoms with E-state index in [0.717, 1.165) is 6.07 Å². The molecule has 3 aromatic heterocycles. The van der Waals surface area contributed by atoms with Gasteiger partial charge in [0.15, 0.2) is 5.65 Å². The molecule has 1 saturated heterocycles. The Bertz CT molecular complexity index is 1260. The van der Waals surface area contributed by atoms with Crippen molar-refractivity contribution >= 4 is 11.5 Å². The van der Waals surface area contributed by atoms with Crippen molar-refractivity contribution in [3.63, 3.8) is 0 Å². The number of aliphatic hydroxyl groups is 1. The zero-order chi connectivity index (χ0) is 21.5. The number of imidazole rings is 1. The minimum atomic E-state index is -1.15. The largest absolute Gasteiger partial charge is 0.508 e. The molecule has 2 atom stereocenters. The summed E-state index contributed by atoms with van der Waals surface area (Å²) in [6.07, 6.45) is 2.01. The molecule has 31 heavy (non-hydrogen) atoms. The molecule has 0 amide bonds. The second-order valence-electron chi connectivity index (χ2n) is 7.42. The van der Waals surface area contributed by atoms with E-state index < -0.39 is 18.0 Å². The van der Waals surface area contributed by atoms with Crippen molar-refractivity contribution in [2.24, 2.45) is 0 Å². The highest BCUT2D eigenvalue weighted by molar-refractivity contribution is 5.61. The monoisotopic (exact) mass is 424 g/mol. The number of anilines is 1. The van der Waals surface area contributed by atoms with E-state index in [-0.39, 0.29) is 25.3 Å². The van der Waals surface area contributed by atoms with Gasteiger partial charge in [-0.05, 0) is 42.0 Å². The van der Waals surface area contributed by atoms with Crippen molar-refractivity contribution in [2.75, 3.05) is 11.4 Å². The van der Waals surface area contributed by atoms with Gasteiger partial charge in [0.25, 0.3) is 0 Å². The maximum absolute atomic E-state index is 14.4. The van der Waals surface area contributed by atoms with E-state index in [4.69, 9.17) is 0 Å². The molecule has 1 aromatic carbocycles. The highest BCUT2D eigenvalue weighted by atomic mass is 19.1. The number of nitrogens with zero attached hydrogens (tertiary/aromatic N) is 6. The highest BCUT2D eigenvalue weighted by Crippen LogP contribution is 2.40. The number of phenolic OH excluding ortho intramolecular Hbond substituents is 1. The van der Waals surface area contributed by atoms with Gasteiger partial charge in [-0.25, -0.2) is 18.3 Å². The fraction of sp³-hybridized carbons (Fsp3) is 0.238. The molecule has 4 aromatic rings. The van der Waals surface area contributed by atoms with Crippen LogP contribution in [0.5, 0.6) is 5.75 Å². The normalized spacial score (nSPS) is 18.7. The Labute approximate surface area is 175 Å². The molecule has 0 radical (unpaired) electrons. The fourth-order valence-corrected chi connectivity index (χ4v) is 3.94. The third-order valence-electron chi connectivity index (χ3n) is 5.40. The van der Waals surface area contributed by atoms with E-state index in [1.807, 2.05) is 0 Å². The molecule has 0 aliphatic carbocycles. The predicted molar refractivity (Wildman–Crippen MR) is 108 cm³/mol. The number of halogens is 2. The van der Waals surface area contributed by atoms with E-state index >= 15 is 0 Å². The van der Waals surface area contributed by atoms with E-state index in [2.05, 4.69) is 20.3 Å². The van der Waals surface area contributed by atoms with Crippen LogP contribution in [0.15, 0.2) is 48.8 Å². The number of aromatic hydroxyl groups is 1. The van der Waals surface area contributed by atoms with Gasteiger partial charge in [-0.15, -0.1) is 10.2 Å². The molecular formula is C21H18F2N6O2. The van der Waals surface area contributed by atoms with Crippen molar-refractivity contribution in [3.8, 4) is 17.1 Å². The third kappa shape index (κ3) is 3.44. The Balaban J connectivity index is 1.58. The first-order chi connectivity index (χ1) is 15.0. The van der Waals surface area contributed by atoms with E-state index in [9.17, 15) is 19.0 Å². The standard InChI is InChI=1S/C21H18F2N6O2/c22-13-1-2-19(31)15(6-13)17-7-14(23)10-28(17)21-4-3-20-24-9-18(29(20)27-21)16-5-12(11-30)8-25-26-16/h1-6,8-9,14,17,30-31H,7,10-11H2/t14-,17+/m0/s1. The molecular weight excluding hydrogens is 406 g/mol. The van der Waals surface area contributed by atoms with Crippen LogP contribution in [0.3, 0.4) is 0 Å². The van der Waals surface area contributed by atoms with Gasteiger partial charge in [0, 0.05) is 12.0 Å². The van der Waals surface area contributed by atoms with Crippen LogP contribution >= 0.6 is 0 Å². The maximum atomic E-state index is 14.4. The minimum Gasteiger partial charge on any atom is -0.508 e. The minimum absolute atomic E-state index is 0.0585. The number of benzene rings is 1. The Morgan fingerprint density at radius 3 is 2.84 bits per heavy atom. The number of aliphatic hydroxyl groups excluding tert-OH is 1. The van der Waals surface area contributed by atoms with E-state index in [1.165, 1.54) is 18.3 Å². The average molecular weight is 424 g/mol. The summed E-state index contributed by atoms with van der Waals surface area (Å²) in [4.78, 5) is 6.03. The molecule has 158 valence electrons. The average Bonchev–Trinajstić information content (AvgIpc) is 3.38. The van der Waals surface area contributed by atoms with Gasteiger partial charge in [-0.1, -0.05) is 0 Å². The van der Waals surface area contributed by atoms with Crippen LogP contribution in [-0.4, -0.2) is 47.7 Å². The first-order valence-electron chi connectivity index (χ1n) is 9.70. The number of hydrogen-bond donors (Lipinski definition) is 2. The summed E-state index contributed by atoms with van der Waals surface area (Å²) in [6, 6.07) is 8.22. The topological polar surface area (TPSA) is 99.7 Å². The van der Waals surface area contributed by atoms with Gasteiger partial charge >= 0.3 is 0 Å². The lowest BCUT2D eigenvalue weighted by molar-refractivity contribution is 0.281. The van der Waals surface area contributed by atoms with Crippen LogP contribution in [0.25, 0.3) is 17.0 Å². The molecule has 0 saturated carbocycles. The van der Waals surface area contributed by atoms with E-state index in [0.29, 0.717) is 34.0 Å². The summed E-state index contributed by atoms with van der Waals surface area (Å²) in [6.45, 7) is -0.120. The zero-order valence-electron chi connectivity index (χ0n) is 16.2. The predicted octanol–water partition coefficient (Wildman–Crippen LogP) is 2.81. The lowest BCUT2D eigenvalue weighted by atomic mass is 10.0. The van der Waals surface area contributed by atoms with Crippen molar-refractivity contribution in [3.05, 3.63) is 65.7 Å². The Hall–Kier alpha value is -3.66. The number of fused-ring (bicyclic) bond motifs is 1. The molecule has 5 rings (SSSR count). The quantitative estimate of drug-likeness (QED) is 0.520. The summed E-state index contributed by atoms with van der Waals surface area (Å²) in [7, 11) is 0. The van der Waals surface area contributed by atoms with Crippen molar-refractivity contribution in [1.82, 2.24) is 24.8 Å². The SMILES string of the molecule is OCc1cnnc(-c2cnc3ccc(N4C[C@@H](F)C[C@@H]4c4cc(F)ccc4O)nn23)c1. The summed E-state index contributed by atoms with van der Waals surface area (Å²) in [5.74, 6) is -0.143. The second kappa shape index (κ2) is 7.55. The molecule has 4 heterocycles. The molecule has 0 bridgehead atoms. The summed E-state index contributed by atoms with van der Waals surface area (Å²) < 4.78 is 29.8. The van der Waals surface area contributed by atoms with Crippen LogP contribution in [0.2, 0.25) is 0 Å². The summed E-state index contributed by atoms with van der Waals surface area (Å²) >= 11 is 0. The number of phenols is 1. The molecule has 1 aliphatic rings. The highest BCUT2D eigenvalue weighted by Gasteiger charge is 2.36. The lowest BCUT2D eigenvalue weighted by Gasteiger charge is -2.26. The van der Waals surface area contributed by atoms with Gasteiger partial charge in [-0.2, -0.15) is 5.10 Å². The third-order valence-corrected chi connectivity index (χ3v) is 5.40. The van der Waals surface area contributed by atoms with Crippen molar-refractivity contribution < 1.29 is 19.0 Å². The van der Waals surface area contributed by atoms with Crippen LogP contribution in [0.4, 0.5) is 14.6 Å². The molecule has 10 heteroatoms. The van der Waals surface area contributed by atoms with Gasteiger partial charge in [-0.3, -0.25) is 0 Å². The van der Waals surface area contributed by atoms with Crippen LogP contribution in [-0.2, 0) is 6.61 Å². The first kappa shape index (κ1) is 19.3. The van der Waals surface area contributed by atoms with Crippen LogP contribution in [0.1, 0.15) is 23.6 Å². The number of aromatic nitrogens is 5. The molecule has 8 nitrogen and oxygen atoms in total.